The molecule has 2 heterocycles. The fourth-order valence-electron chi connectivity index (χ4n) is 3.47. The van der Waals surface area contributed by atoms with Crippen molar-refractivity contribution in [2.45, 2.75) is 24.0 Å². The fourth-order valence-corrected chi connectivity index (χ4v) is 4.71. The van der Waals surface area contributed by atoms with Crippen molar-refractivity contribution in [2.75, 3.05) is 19.7 Å². The topological polar surface area (TPSA) is 88.1 Å². The average Bonchev–Trinajstić information content (AvgIpc) is 2.98. The molecule has 0 spiro atoms. The number of fused-ring (bicyclic) bond motifs is 1. The Balaban J connectivity index is 1.51. The second-order valence-electron chi connectivity index (χ2n) is 6.95. The number of halogens is 1. The molecule has 152 valence electrons. The predicted octanol–water partition coefficient (Wildman–Crippen LogP) is 1.85. The Morgan fingerprint density at radius 2 is 1.97 bits per heavy atom. The molecule has 2 aromatic rings. The number of nitrogens with zero attached hydrogens (tertiary/aromatic N) is 2. The van der Waals surface area contributed by atoms with Crippen LogP contribution < -0.4 is 4.72 Å². The molecule has 1 saturated heterocycles. The van der Waals surface area contributed by atoms with Gasteiger partial charge in [0, 0.05) is 12.1 Å². The van der Waals surface area contributed by atoms with Crippen molar-refractivity contribution in [2.24, 2.45) is 4.99 Å². The summed E-state index contributed by atoms with van der Waals surface area (Å²) in [6.45, 7) is 2.72. The molecule has 1 amide bonds. The van der Waals surface area contributed by atoms with E-state index in [0.717, 1.165) is 5.56 Å². The fraction of sp³-hybridized carbons (Fsp3) is 0.300. The van der Waals surface area contributed by atoms with Crippen molar-refractivity contribution < 1.29 is 22.3 Å². The molecular formula is C20H20FN3O4S. The Bertz CT molecular complexity index is 1070. The number of amidine groups is 1. The summed E-state index contributed by atoms with van der Waals surface area (Å²) in [7, 11) is -3.66. The van der Waals surface area contributed by atoms with Crippen molar-refractivity contribution in [1.82, 2.24) is 9.62 Å². The van der Waals surface area contributed by atoms with Crippen LogP contribution in [0.2, 0.25) is 0 Å². The van der Waals surface area contributed by atoms with Crippen LogP contribution in [0.5, 0.6) is 0 Å². The molecule has 2 aliphatic rings. The zero-order valence-corrected chi connectivity index (χ0v) is 16.5. The van der Waals surface area contributed by atoms with Gasteiger partial charge in [0.15, 0.2) is 0 Å². The summed E-state index contributed by atoms with van der Waals surface area (Å²) in [5.41, 5.74) is 1.25. The van der Waals surface area contributed by atoms with E-state index in [2.05, 4.69) is 9.71 Å². The molecule has 0 bridgehead atoms. The summed E-state index contributed by atoms with van der Waals surface area (Å²) < 4.78 is 45.7. The number of aliphatic imine (C=N–C) groups is 1. The van der Waals surface area contributed by atoms with E-state index < -0.39 is 16.1 Å². The third-order valence-corrected chi connectivity index (χ3v) is 6.36. The van der Waals surface area contributed by atoms with E-state index in [-0.39, 0.29) is 28.6 Å². The van der Waals surface area contributed by atoms with Gasteiger partial charge >= 0.3 is 0 Å². The van der Waals surface area contributed by atoms with Crippen molar-refractivity contribution >= 4 is 21.8 Å². The van der Waals surface area contributed by atoms with E-state index in [1.165, 1.54) is 18.2 Å². The minimum atomic E-state index is -3.66. The first-order chi connectivity index (χ1) is 13.8. The third-order valence-electron chi connectivity index (χ3n) is 4.96. The van der Waals surface area contributed by atoms with Crippen LogP contribution in [0.1, 0.15) is 24.2 Å². The second kappa shape index (κ2) is 7.57. The van der Waals surface area contributed by atoms with E-state index in [0.29, 0.717) is 25.3 Å². The minimum Gasteiger partial charge on any atom is -0.370 e. The molecule has 1 N–H and O–H groups in total. The van der Waals surface area contributed by atoms with Crippen LogP contribution in [0.25, 0.3) is 0 Å². The van der Waals surface area contributed by atoms with E-state index in [1.54, 1.807) is 42.2 Å². The smallest absolute Gasteiger partial charge is 0.263 e. The molecule has 2 aliphatic heterocycles. The summed E-state index contributed by atoms with van der Waals surface area (Å²) >= 11 is 0. The molecule has 29 heavy (non-hydrogen) atoms. The Kier molecular flexibility index (Phi) is 5.10. The van der Waals surface area contributed by atoms with E-state index in [1.807, 2.05) is 0 Å². The van der Waals surface area contributed by atoms with Gasteiger partial charge in [-0.25, -0.2) is 12.8 Å². The van der Waals surface area contributed by atoms with Crippen molar-refractivity contribution in [3.05, 3.63) is 65.5 Å². The molecule has 9 heteroatoms. The standard InChI is InChI=1S/C20H20FN3O4S/c1-13(22-19-16-4-2-3-5-18(16)29(26,27)23-19)20(25)24-10-11-28-17(12-24)14-6-8-15(21)9-7-14/h2-9,13,17H,10-12H2,1H3,(H,22,23)/t13-,17?/m0/s1. The average molecular weight is 417 g/mol. The number of ether oxygens (including phenoxy) is 1. The van der Waals surface area contributed by atoms with E-state index >= 15 is 0 Å². The highest BCUT2D eigenvalue weighted by molar-refractivity contribution is 7.90. The van der Waals surface area contributed by atoms with Crippen molar-refractivity contribution in [3.8, 4) is 0 Å². The SMILES string of the molecule is C[C@H](N=C1NS(=O)(=O)c2ccccc21)C(=O)N1CCOC(c2ccc(F)cc2)C1. The van der Waals surface area contributed by atoms with Crippen molar-refractivity contribution in [1.29, 1.82) is 0 Å². The van der Waals surface area contributed by atoms with Gasteiger partial charge in [0.25, 0.3) is 10.0 Å². The van der Waals surface area contributed by atoms with Gasteiger partial charge in [-0.3, -0.25) is 14.5 Å². The van der Waals surface area contributed by atoms with Gasteiger partial charge in [0.1, 0.15) is 23.8 Å². The number of hydrogen-bond donors (Lipinski definition) is 1. The van der Waals surface area contributed by atoms with Crippen LogP contribution in [0.4, 0.5) is 4.39 Å². The Hall–Kier alpha value is -2.78. The number of carbonyl (C=O) groups excluding carboxylic acids is 1. The highest BCUT2D eigenvalue weighted by Gasteiger charge is 2.33. The lowest BCUT2D eigenvalue weighted by Gasteiger charge is -2.34. The van der Waals surface area contributed by atoms with Crippen LogP contribution in [0.15, 0.2) is 58.4 Å². The van der Waals surface area contributed by atoms with Crippen LogP contribution in [-0.4, -0.2) is 50.8 Å². The largest absolute Gasteiger partial charge is 0.370 e. The Labute approximate surface area is 168 Å². The van der Waals surface area contributed by atoms with Crippen molar-refractivity contribution in [3.63, 3.8) is 0 Å². The molecule has 0 radical (unpaired) electrons. The summed E-state index contributed by atoms with van der Waals surface area (Å²) in [5.74, 6) is -0.387. The zero-order valence-electron chi connectivity index (χ0n) is 15.7. The molecule has 1 unspecified atom stereocenters. The van der Waals surface area contributed by atoms with Crippen LogP contribution in [0, 0.1) is 5.82 Å². The molecule has 0 saturated carbocycles. The first-order valence-corrected chi connectivity index (χ1v) is 10.7. The molecule has 0 aromatic heterocycles. The summed E-state index contributed by atoms with van der Waals surface area (Å²) in [5, 5.41) is 0. The van der Waals surface area contributed by atoms with E-state index in [4.69, 9.17) is 4.74 Å². The number of morpholine rings is 1. The lowest BCUT2D eigenvalue weighted by atomic mass is 10.1. The third kappa shape index (κ3) is 3.88. The number of rotatable bonds is 3. The number of amides is 1. The van der Waals surface area contributed by atoms with Gasteiger partial charge < -0.3 is 9.64 Å². The first kappa shape index (κ1) is 19.5. The van der Waals surface area contributed by atoms with Crippen LogP contribution >= 0.6 is 0 Å². The predicted molar refractivity (Wildman–Crippen MR) is 104 cm³/mol. The minimum absolute atomic E-state index is 0.154. The molecule has 7 nitrogen and oxygen atoms in total. The molecule has 0 aliphatic carbocycles. The van der Waals surface area contributed by atoms with Gasteiger partial charge in [-0.05, 0) is 36.8 Å². The number of benzene rings is 2. The van der Waals surface area contributed by atoms with Crippen LogP contribution in [-0.2, 0) is 19.6 Å². The summed E-state index contributed by atoms with van der Waals surface area (Å²) in [6, 6.07) is 11.7. The van der Waals surface area contributed by atoms with Gasteiger partial charge in [-0.1, -0.05) is 24.3 Å². The van der Waals surface area contributed by atoms with Crippen LogP contribution in [0.3, 0.4) is 0 Å². The number of sulfonamides is 1. The summed E-state index contributed by atoms with van der Waals surface area (Å²) in [6.07, 6.45) is -0.348. The molecule has 2 aromatic carbocycles. The maximum atomic E-state index is 13.1. The maximum absolute atomic E-state index is 13.1. The van der Waals surface area contributed by atoms with Gasteiger partial charge in [-0.2, -0.15) is 0 Å². The molecule has 2 atom stereocenters. The number of hydrogen-bond acceptors (Lipinski definition) is 5. The normalized spacial score (nSPS) is 22.8. The lowest BCUT2D eigenvalue weighted by molar-refractivity contribution is -0.139. The molecule has 1 fully saturated rings. The van der Waals surface area contributed by atoms with E-state index in [9.17, 15) is 17.6 Å². The monoisotopic (exact) mass is 417 g/mol. The van der Waals surface area contributed by atoms with Gasteiger partial charge in [-0.15, -0.1) is 0 Å². The van der Waals surface area contributed by atoms with Gasteiger partial charge in [0.05, 0.1) is 18.0 Å². The quantitative estimate of drug-likeness (QED) is 0.826. The Morgan fingerprint density at radius 3 is 2.72 bits per heavy atom. The highest BCUT2D eigenvalue weighted by Crippen LogP contribution is 2.25. The highest BCUT2D eigenvalue weighted by atomic mass is 32.2. The maximum Gasteiger partial charge on any atom is 0.263 e. The number of carbonyl (C=O) groups is 1. The number of nitrogens with one attached hydrogen (secondary N) is 1. The molecular weight excluding hydrogens is 397 g/mol. The van der Waals surface area contributed by atoms with Gasteiger partial charge in [0.2, 0.25) is 5.91 Å². The summed E-state index contributed by atoms with van der Waals surface area (Å²) in [4.78, 5) is 19.1. The Morgan fingerprint density at radius 1 is 1.24 bits per heavy atom. The molecule has 4 rings (SSSR count). The second-order valence-corrected chi connectivity index (χ2v) is 8.60. The zero-order chi connectivity index (χ0) is 20.6. The lowest BCUT2D eigenvalue weighted by Crippen LogP contribution is -2.46. The first-order valence-electron chi connectivity index (χ1n) is 9.21.